The van der Waals surface area contributed by atoms with E-state index in [9.17, 15) is 10.2 Å². The van der Waals surface area contributed by atoms with Gasteiger partial charge in [-0.2, -0.15) is 0 Å². The van der Waals surface area contributed by atoms with Gasteiger partial charge in [0.05, 0.1) is 12.2 Å². The van der Waals surface area contributed by atoms with Crippen molar-refractivity contribution in [3.05, 3.63) is 35.4 Å². The minimum Gasteiger partial charge on any atom is -0.390 e. The van der Waals surface area contributed by atoms with E-state index in [-0.39, 0.29) is 5.92 Å². The molecule has 1 aliphatic rings. The number of rotatable bonds is 2. The normalized spacial score (nSPS) is 30.3. The summed E-state index contributed by atoms with van der Waals surface area (Å²) >= 11 is 0. The highest BCUT2D eigenvalue weighted by atomic mass is 16.3. The van der Waals surface area contributed by atoms with Gasteiger partial charge < -0.3 is 15.5 Å². The molecule has 88 valence electrons. The number of aliphatic hydroxyl groups is 2. The van der Waals surface area contributed by atoms with Gasteiger partial charge in [0.2, 0.25) is 0 Å². The molecule has 3 unspecified atom stereocenters. The first kappa shape index (κ1) is 11.6. The first-order valence-corrected chi connectivity index (χ1v) is 5.79. The van der Waals surface area contributed by atoms with Crippen molar-refractivity contribution in [2.75, 3.05) is 13.1 Å². The second-order valence-electron chi connectivity index (χ2n) is 4.67. The van der Waals surface area contributed by atoms with Crippen LogP contribution in [0.1, 0.15) is 11.1 Å². The van der Waals surface area contributed by atoms with Gasteiger partial charge in [0.1, 0.15) is 0 Å². The summed E-state index contributed by atoms with van der Waals surface area (Å²) < 4.78 is 0. The third-order valence-electron chi connectivity index (χ3n) is 3.26. The standard InChI is InChI=1S/C13H19NO2/c1-9-2-4-10(5-3-9)6-11-7-14-8-12(15)13(11)16/h2-5,11-16H,6-8H2,1H3. The third-order valence-corrected chi connectivity index (χ3v) is 3.26. The van der Waals surface area contributed by atoms with Gasteiger partial charge in [-0.1, -0.05) is 29.8 Å². The highest BCUT2D eigenvalue weighted by Gasteiger charge is 2.29. The van der Waals surface area contributed by atoms with E-state index < -0.39 is 12.2 Å². The smallest absolute Gasteiger partial charge is 0.0926 e. The predicted molar refractivity (Wildman–Crippen MR) is 63.3 cm³/mol. The van der Waals surface area contributed by atoms with Crippen molar-refractivity contribution in [1.29, 1.82) is 0 Å². The molecule has 0 aliphatic carbocycles. The summed E-state index contributed by atoms with van der Waals surface area (Å²) in [4.78, 5) is 0. The molecule has 0 spiro atoms. The summed E-state index contributed by atoms with van der Waals surface area (Å²) in [5.41, 5.74) is 2.46. The number of aryl methyl sites for hydroxylation is 1. The fourth-order valence-electron chi connectivity index (χ4n) is 2.19. The Bertz CT molecular complexity index is 336. The first-order valence-electron chi connectivity index (χ1n) is 5.79. The Morgan fingerprint density at radius 3 is 2.56 bits per heavy atom. The van der Waals surface area contributed by atoms with E-state index in [0.717, 1.165) is 13.0 Å². The van der Waals surface area contributed by atoms with Gasteiger partial charge in [0.15, 0.2) is 0 Å². The summed E-state index contributed by atoms with van der Waals surface area (Å²) in [5, 5.41) is 22.6. The van der Waals surface area contributed by atoms with Crippen LogP contribution in [0.2, 0.25) is 0 Å². The Balaban J connectivity index is 2.00. The maximum Gasteiger partial charge on any atom is 0.0926 e. The van der Waals surface area contributed by atoms with E-state index in [1.165, 1.54) is 11.1 Å². The Hall–Kier alpha value is -0.900. The lowest BCUT2D eigenvalue weighted by atomic mass is 9.88. The first-order chi connectivity index (χ1) is 7.66. The quantitative estimate of drug-likeness (QED) is 0.681. The topological polar surface area (TPSA) is 52.5 Å². The zero-order valence-electron chi connectivity index (χ0n) is 9.56. The molecule has 0 bridgehead atoms. The van der Waals surface area contributed by atoms with Crippen molar-refractivity contribution in [3.63, 3.8) is 0 Å². The number of β-amino-alcohol motifs (C(OH)–C–C–N with tert-alkyl or cyclic N) is 1. The fraction of sp³-hybridized carbons (Fsp3) is 0.538. The molecule has 1 aromatic rings. The number of hydrogen-bond donors (Lipinski definition) is 3. The molecule has 1 aliphatic heterocycles. The Morgan fingerprint density at radius 1 is 1.19 bits per heavy atom. The summed E-state index contributed by atoms with van der Waals surface area (Å²) in [6, 6.07) is 8.33. The van der Waals surface area contributed by atoms with Gasteiger partial charge in [0, 0.05) is 19.0 Å². The average Bonchev–Trinajstić information content (AvgIpc) is 2.28. The number of piperidine rings is 1. The SMILES string of the molecule is Cc1ccc(CC2CNCC(O)C2O)cc1. The summed E-state index contributed by atoms with van der Waals surface area (Å²) in [7, 11) is 0. The molecule has 3 nitrogen and oxygen atoms in total. The lowest BCUT2D eigenvalue weighted by molar-refractivity contribution is -0.0345. The van der Waals surface area contributed by atoms with Crippen LogP contribution in [0.25, 0.3) is 0 Å². The second kappa shape index (κ2) is 4.95. The van der Waals surface area contributed by atoms with Crippen LogP contribution in [0, 0.1) is 12.8 Å². The van der Waals surface area contributed by atoms with Crippen LogP contribution in [0.3, 0.4) is 0 Å². The molecule has 0 radical (unpaired) electrons. The zero-order chi connectivity index (χ0) is 11.5. The highest BCUT2D eigenvalue weighted by Crippen LogP contribution is 2.17. The van der Waals surface area contributed by atoms with Crippen LogP contribution in [-0.4, -0.2) is 35.5 Å². The van der Waals surface area contributed by atoms with Gasteiger partial charge in [0.25, 0.3) is 0 Å². The number of benzene rings is 1. The molecule has 16 heavy (non-hydrogen) atoms. The van der Waals surface area contributed by atoms with Crippen LogP contribution >= 0.6 is 0 Å². The van der Waals surface area contributed by atoms with E-state index in [0.29, 0.717) is 6.54 Å². The summed E-state index contributed by atoms with van der Waals surface area (Å²) in [5.74, 6) is 0.103. The van der Waals surface area contributed by atoms with E-state index in [2.05, 4.69) is 36.5 Å². The van der Waals surface area contributed by atoms with Crippen molar-refractivity contribution in [1.82, 2.24) is 5.32 Å². The molecule has 3 N–H and O–H groups in total. The number of nitrogens with one attached hydrogen (secondary N) is 1. The van der Waals surface area contributed by atoms with Crippen LogP contribution in [0.15, 0.2) is 24.3 Å². The van der Waals surface area contributed by atoms with E-state index in [4.69, 9.17) is 0 Å². The van der Waals surface area contributed by atoms with Gasteiger partial charge in [-0.05, 0) is 18.9 Å². The second-order valence-corrected chi connectivity index (χ2v) is 4.67. The Labute approximate surface area is 96.1 Å². The molecule has 0 saturated carbocycles. The van der Waals surface area contributed by atoms with Crippen molar-refractivity contribution < 1.29 is 10.2 Å². The number of aliphatic hydroxyl groups excluding tert-OH is 2. The highest BCUT2D eigenvalue weighted by molar-refractivity contribution is 5.22. The van der Waals surface area contributed by atoms with Crippen LogP contribution in [0.5, 0.6) is 0 Å². The fourth-order valence-corrected chi connectivity index (χ4v) is 2.19. The number of hydrogen-bond acceptors (Lipinski definition) is 3. The van der Waals surface area contributed by atoms with E-state index >= 15 is 0 Å². The molecule has 1 aromatic carbocycles. The largest absolute Gasteiger partial charge is 0.390 e. The third kappa shape index (κ3) is 2.61. The molecule has 3 heteroatoms. The van der Waals surface area contributed by atoms with Crippen molar-refractivity contribution in [2.45, 2.75) is 25.6 Å². The van der Waals surface area contributed by atoms with Crippen molar-refractivity contribution >= 4 is 0 Å². The van der Waals surface area contributed by atoms with Crippen molar-refractivity contribution in [2.24, 2.45) is 5.92 Å². The summed E-state index contributed by atoms with van der Waals surface area (Å²) in [6.07, 6.45) is -0.433. The van der Waals surface area contributed by atoms with E-state index in [1.54, 1.807) is 0 Å². The monoisotopic (exact) mass is 221 g/mol. The minimum atomic E-state index is -0.635. The van der Waals surface area contributed by atoms with Crippen molar-refractivity contribution in [3.8, 4) is 0 Å². The Kier molecular flexibility index (Phi) is 3.59. The van der Waals surface area contributed by atoms with Crippen LogP contribution in [-0.2, 0) is 6.42 Å². The molecular weight excluding hydrogens is 202 g/mol. The average molecular weight is 221 g/mol. The lowest BCUT2D eigenvalue weighted by Crippen LogP contribution is -2.51. The molecule has 2 rings (SSSR count). The maximum atomic E-state index is 9.86. The zero-order valence-corrected chi connectivity index (χ0v) is 9.56. The molecule has 1 heterocycles. The van der Waals surface area contributed by atoms with Gasteiger partial charge in [-0.25, -0.2) is 0 Å². The molecule has 0 aromatic heterocycles. The Morgan fingerprint density at radius 2 is 1.88 bits per heavy atom. The van der Waals surface area contributed by atoms with E-state index in [1.807, 2.05) is 0 Å². The van der Waals surface area contributed by atoms with Crippen LogP contribution in [0.4, 0.5) is 0 Å². The van der Waals surface area contributed by atoms with Gasteiger partial charge in [-0.15, -0.1) is 0 Å². The van der Waals surface area contributed by atoms with Gasteiger partial charge >= 0.3 is 0 Å². The van der Waals surface area contributed by atoms with Crippen LogP contribution < -0.4 is 5.32 Å². The minimum absolute atomic E-state index is 0.103. The predicted octanol–water partition coefficient (Wildman–Crippen LogP) is 0.479. The molecule has 0 amide bonds. The molecule has 3 atom stereocenters. The van der Waals surface area contributed by atoms with Gasteiger partial charge in [-0.3, -0.25) is 0 Å². The maximum absolute atomic E-state index is 9.86. The summed E-state index contributed by atoms with van der Waals surface area (Å²) in [6.45, 7) is 3.32. The molecule has 1 saturated heterocycles. The lowest BCUT2D eigenvalue weighted by Gasteiger charge is -2.32. The molecular formula is C13H19NO2. The molecule has 1 fully saturated rings.